The van der Waals surface area contributed by atoms with Gasteiger partial charge in [-0.1, -0.05) is 42.5 Å². The van der Waals surface area contributed by atoms with Gasteiger partial charge in [0.25, 0.3) is 0 Å². The highest BCUT2D eigenvalue weighted by Crippen LogP contribution is 2.25. The van der Waals surface area contributed by atoms with Gasteiger partial charge in [0.2, 0.25) is 5.91 Å². The van der Waals surface area contributed by atoms with Crippen LogP contribution < -0.4 is 5.73 Å². The fraction of sp³-hybridized carbons (Fsp3) is 0.300. The lowest BCUT2D eigenvalue weighted by molar-refractivity contribution is -0.125. The van der Waals surface area contributed by atoms with Gasteiger partial charge >= 0.3 is 5.97 Å². The van der Waals surface area contributed by atoms with Gasteiger partial charge in [0.15, 0.2) is 0 Å². The minimum absolute atomic E-state index is 0.285. The molecule has 1 atom stereocenters. The third-order valence-electron chi connectivity index (χ3n) is 4.83. The quantitative estimate of drug-likeness (QED) is 0.854. The number of carbonyl (C=O) groups is 2. The van der Waals surface area contributed by atoms with Crippen LogP contribution in [0.1, 0.15) is 15.9 Å². The van der Waals surface area contributed by atoms with E-state index in [0.717, 1.165) is 24.2 Å². The first-order valence-electron chi connectivity index (χ1n) is 8.59. The Kier molecular flexibility index (Phi) is 5.35. The highest BCUT2D eigenvalue weighted by molar-refractivity contribution is 5.96. The Labute approximate surface area is 152 Å². The van der Waals surface area contributed by atoms with Crippen LogP contribution in [0.4, 0.5) is 0 Å². The Morgan fingerprint density at radius 1 is 1.12 bits per heavy atom. The molecule has 3 N–H and O–H groups in total. The number of nitrogens with zero attached hydrogens (tertiary/aromatic N) is 2. The molecular formula is C20H23N3O3. The molecule has 1 fully saturated rings. The van der Waals surface area contributed by atoms with E-state index in [-0.39, 0.29) is 17.5 Å². The number of rotatable bonds is 5. The van der Waals surface area contributed by atoms with E-state index in [1.807, 2.05) is 43.4 Å². The summed E-state index contributed by atoms with van der Waals surface area (Å²) in [7, 11) is 1.99. The number of benzene rings is 2. The minimum Gasteiger partial charge on any atom is -0.478 e. The summed E-state index contributed by atoms with van der Waals surface area (Å²) in [5, 5.41) is 9.35. The van der Waals surface area contributed by atoms with Gasteiger partial charge in [0.1, 0.15) is 6.04 Å². The molecule has 2 aromatic rings. The number of nitrogens with two attached hydrogens (primary N) is 1. The smallest absolute Gasteiger partial charge is 0.336 e. The van der Waals surface area contributed by atoms with E-state index in [4.69, 9.17) is 5.73 Å². The maximum Gasteiger partial charge on any atom is 0.336 e. The number of aromatic carboxylic acids is 1. The van der Waals surface area contributed by atoms with Crippen LogP contribution in [0.25, 0.3) is 11.1 Å². The SMILES string of the molecule is CN1CCN(Cc2ccc(-c3ccccc3C(=O)O)cc2)C(C(N)=O)C1. The molecule has 1 saturated heterocycles. The van der Waals surface area contributed by atoms with E-state index in [1.54, 1.807) is 12.1 Å². The summed E-state index contributed by atoms with van der Waals surface area (Å²) in [6.07, 6.45) is 0. The molecule has 0 aromatic heterocycles. The number of carbonyl (C=O) groups excluding carboxylic acids is 1. The van der Waals surface area contributed by atoms with Crippen LogP contribution in [0.5, 0.6) is 0 Å². The van der Waals surface area contributed by atoms with Gasteiger partial charge in [-0.25, -0.2) is 4.79 Å². The van der Waals surface area contributed by atoms with Crippen LogP contribution in [-0.2, 0) is 11.3 Å². The summed E-state index contributed by atoms with van der Waals surface area (Å²) in [6.45, 7) is 2.96. The molecule has 6 nitrogen and oxygen atoms in total. The first-order chi connectivity index (χ1) is 12.5. The number of hydrogen-bond acceptors (Lipinski definition) is 4. The Morgan fingerprint density at radius 3 is 2.46 bits per heavy atom. The van der Waals surface area contributed by atoms with Crippen molar-refractivity contribution >= 4 is 11.9 Å². The van der Waals surface area contributed by atoms with Gasteiger partial charge < -0.3 is 15.7 Å². The van der Waals surface area contributed by atoms with Crippen molar-refractivity contribution in [1.82, 2.24) is 9.80 Å². The Balaban J connectivity index is 1.78. The van der Waals surface area contributed by atoms with Crippen molar-refractivity contribution in [1.29, 1.82) is 0 Å². The van der Waals surface area contributed by atoms with Gasteiger partial charge in [-0.3, -0.25) is 9.69 Å². The molecule has 0 bridgehead atoms. The Hall–Kier alpha value is -2.70. The highest BCUT2D eigenvalue weighted by Gasteiger charge is 2.29. The number of amides is 1. The van der Waals surface area contributed by atoms with E-state index in [0.29, 0.717) is 18.7 Å². The van der Waals surface area contributed by atoms with Crippen molar-refractivity contribution in [2.45, 2.75) is 12.6 Å². The lowest BCUT2D eigenvalue weighted by atomic mass is 9.98. The third kappa shape index (κ3) is 3.92. The van der Waals surface area contributed by atoms with Crippen molar-refractivity contribution < 1.29 is 14.7 Å². The van der Waals surface area contributed by atoms with E-state index in [1.165, 1.54) is 0 Å². The predicted octanol–water partition coefficient (Wildman–Crippen LogP) is 1.65. The average molecular weight is 353 g/mol. The van der Waals surface area contributed by atoms with Crippen LogP contribution >= 0.6 is 0 Å². The summed E-state index contributed by atoms with van der Waals surface area (Å²) >= 11 is 0. The number of carboxylic acid groups (broad SMARTS) is 1. The molecule has 1 aliphatic rings. The topological polar surface area (TPSA) is 86.9 Å². The normalized spacial score (nSPS) is 18.6. The fourth-order valence-electron chi connectivity index (χ4n) is 3.36. The van der Waals surface area contributed by atoms with Crippen molar-refractivity contribution in [3.63, 3.8) is 0 Å². The lowest BCUT2D eigenvalue weighted by Gasteiger charge is -2.38. The van der Waals surface area contributed by atoms with Gasteiger partial charge in [0, 0.05) is 26.2 Å². The molecular weight excluding hydrogens is 330 g/mol. The second-order valence-corrected chi connectivity index (χ2v) is 6.70. The number of hydrogen-bond donors (Lipinski definition) is 2. The fourth-order valence-corrected chi connectivity index (χ4v) is 3.36. The molecule has 0 aliphatic carbocycles. The number of primary amides is 1. The second-order valence-electron chi connectivity index (χ2n) is 6.70. The van der Waals surface area contributed by atoms with Crippen LogP contribution in [0.3, 0.4) is 0 Å². The molecule has 1 unspecified atom stereocenters. The summed E-state index contributed by atoms with van der Waals surface area (Å²) in [5.74, 6) is -1.24. The van der Waals surface area contributed by atoms with Gasteiger partial charge in [-0.05, 0) is 29.8 Å². The van der Waals surface area contributed by atoms with Gasteiger partial charge in [-0.2, -0.15) is 0 Å². The zero-order chi connectivity index (χ0) is 18.7. The largest absolute Gasteiger partial charge is 0.478 e. The van der Waals surface area contributed by atoms with Crippen molar-refractivity contribution in [2.24, 2.45) is 5.73 Å². The summed E-state index contributed by atoms with van der Waals surface area (Å²) in [4.78, 5) is 27.3. The number of likely N-dealkylation sites (N-methyl/N-ethyl adjacent to an activating group) is 1. The summed E-state index contributed by atoms with van der Waals surface area (Å²) in [5.41, 5.74) is 8.46. The maximum absolute atomic E-state index is 11.7. The number of piperazine rings is 1. The molecule has 0 saturated carbocycles. The van der Waals surface area contributed by atoms with Crippen LogP contribution in [0.2, 0.25) is 0 Å². The van der Waals surface area contributed by atoms with Crippen molar-refractivity contribution in [2.75, 3.05) is 26.7 Å². The van der Waals surface area contributed by atoms with E-state index in [2.05, 4.69) is 9.80 Å². The lowest BCUT2D eigenvalue weighted by Crippen LogP contribution is -2.56. The van der Waals surface area contributed by atoms with Crippen LogP contribution in [-0.4, -0.2) is 59.5 Å². The van der Waals surface area contributed by atoms with E-state index < -0.39 is 5.97 Å². The minimum atomic E-state index is -0.939. The monoisotopic (exact) mass is 353 g/mol. The van der Waals surface area contributed by atoms with E-state index in [9.17, 15) is 14.7 Å². The first kappa shape index (κ1) is 18.1. The van der Waals surface area contributed by atoms with Crippen molar-refractivity contribution in [3.05, 3.63) is 59.7 Å². The van der Waals surface area contributed by atoms with Crippen molar-refractivity contribution in [3.8, 4) is 11.1 Å². The molecule has 136 valence electrons. The summed E-state index contributed by atoms with van der Waals surface area (Å²) in [6, 6.07) is 14.5. The molecule has 1 amide bonds. The molecule has 1 aliphatic heterocycles. The molecule has 1 heterocycles. The number of carboxylic acids is 1. The molecule has 0 radical (unpaired) electrons. The highest BCUT2D eigenvalue weighted by atomic mass is 16.4. The standard InChI is InChI=1S/C20H23N3O3/c1-22-10-11-23(18(13-22)19(21)24)12-14-6-8-15(9-7-14)16-4-2-3-5-17(16)20(25)26/h2-9,18H,10-13H2,1H3,(H2,21,24)(H,25,26). The van der Waals surface area contributed by atoms with Crippen LogP contribution in [0.15, 0.2) is 48.5 Å². The van der Waals surface area contributed by atoms with Gasteiger partial charge in [-0.15, -0.1) is 0 Å². The molecule has 0 spiro atoms. The van der Waals surface area contributed by atoms with E-state index >= 15 is 0 Å². The zero-order valence-electron chi connectivity index (χ0n) is 14.8. The molecule has 26 heavy (non-hydrogen) atoms. The first-order valence-corrected chi connectivity index (χ1v) is 8.59. The zero-order valence-corrected chi connectivity index (χ0v) is 14.8. The summed E-state index contributed by atoms with van der Waals surface area (Å²) < 4.78 is 0. The average Bonchev–Trinajstić information content (AvgIpc) is 2.63. The third-order valence-corrected chi connectivity index (χ3v) is 4.83. The van der Waals surface area contributed by atoms with Gasteiger partial charge in [0.05, 0.1) is 5.56 Å². The van der Waals surface area contributed by atoms with Crippen LogP contribution in [0, 0.1) is 0 Å². The Morgan fingerprint density at radius 2 is 1.81 bits per heavy atom. The maximum atomic E-state index is 11.7. The molecule has 3 rings (SSSR count). The Bertz CT molecular complexity index is 804. The second kappa shape index (κ2) is 7.68. The predicted molar refractivity (Wildman–Crippen MR) is 99.7 cm³/mol. The molecule has 2 aromatic carbocycles. The molecule has 6 heteroatoms.